The molecule has 6 rings (SSSR count). The first-order valence-corrected chi connectivity index (χ1v) is 17.0. The molecule has 3 aromatic heterocycles. The van der Waals surface area contributed by atoms with Gasteiger partial charge in [-0.15, -0.1) is 0 Å². The van der Waals surface area contributed by atoms with Crippen molar-refractivity contribution in [2.24, 2.45) is 7.05 Å². The van der Waals surface area contributed by atoms with Gasteiger partial charge in [-0.2, -0.15) is 5.10 Å². The third-order valence-corrected chi connectivity index (χ3v) is 9.94. The predicted molar refractivity (Wildman–Crippen MR) is 196 cm³/mol. The molecule has 1 aliphatic rings. The number of rotatable bonds is 9. The van der Waals surface area contributed by atoms with Gasteiger partial charge in [-0.1, -0.05) is 29.3 Å². The number of aromatic carboxylic acids is 1. The Morgan fingerprint density at radius 2 is 1.69 bits per heavy atom. The first kappa shape index (κ1) is 35.9. The van der Waals surface area contributed by atoms with E-state index in [1.54, 1.807) is 12.3 Å². The molecule has 2 N–H and O–H groups in total. The molecule has 2 aromatic carbocycles. The Hall–Kier alpha value is -4.38. The van der Waals surface area contributed by atoms with Crippen LogP contribution < -0.4 is 9.64 Å². The lowest BCUT2D eigenvalue weighted by molar-refractivity contribution is 0.0690. The molecule has 0 atom stereocenters. The minimum absolute atomic E-state index is 0.0953. The van der Waals surface area contributed by atoms with Crippen LogP contribution in [0.5, 0.6) is 5.75 Å². The van der Waals surface area contributed by atoms with E-state index in [0.717, 1.165) is 105 Å². The average Bonchev–Trinajstić information content (AvgIpc) is 3.56. The van der Waals surface area contributed by atoms with E-state index < -0.39 is 5.97 Å². The fraction of sp³-hybridized carbons (Fsp3) is 0.351. The number of carbonyl (C=O) groups excluding carboxylic acids is 1. The zero-order valence-corrected chi connectivity index (χ0v) is 30.2. The quantitative estimate of drug-likeness (QED) is 0.120. The molecule has 0 radical (unpaired) electrons. The van der Waals surface area contributed by atoms with Crippen molar-refractivity contribution >= 4 is 52.0 Å². The number of aldehydes is 1. The van der Waals surface area contributed by atoms with Crippen LogP contribution in [-0.4, -0.2) is 81.8 Å². The van der Waals surface area contributed by atoms with E-state index >= 15 is 0 Å². The number of likely N-dealkylation sites (N-methyl/N-ethyl adjacent to an activating group) is 1. The van der Waals surface area contributed by atoms with Crippen LogP contribution in [0.4, 0.5) is 5.69 Å². The Balaban J connectivity index is 0.000000244. The van der Waals surface area contributed by atoms with E-state index in [2.05, 4.69) is 31.9 Å². The molecule has 0 bridgehead atoms. The molecule has 10 nitrogen and oxygen atoms in total. The van der Waals surface area contributed by atoms with Gasteiger partial charge in [-0.05, 0) is 94.6 Å². The maximum Gasteiger partial charge on any atom is 0.354 e. The number of aryl methyl sites for hydroxylation is 5. The van der Waals surface area contributed by atoms with Crippen molar-refractivity contribution in [3.8, 4) is 16.9 Å². The summed E-state index contributed by atoms with van der Waals surface area (Å²) >= 11 is 12.9. The molecule has 5 aromatic rings. The molecular formula is C37H42Cl2N6O4. The number of pyridine rings is 1. The molecular weight excluding hydrogens is 663 g/mol. The van der Waals surface area contributed by atoms with Gasteiger partial charge >= 0.3 is 5.97 Å². The highest BCUT2D eigenvalue weighted by Gasteiger charge is 2.22. The number of carbonyl (C=O) groups is 2. The molecule has 0 amide bonds. The highest BCUT2D eigenvalue weighted by atomic mass is 35.5. The third-order valence-electron chi connectivity index (χ3n) is 9.03. The van der Waals surface area contributed by atoms with Crippen molar-refractivity contribution in [1.29, 1.82) is 0 Å². The summed E-state index contributed by atoms with van der Waals surface area (Å²) in [6.45, 7) is 12.5. The summed E-state index contributed by atoms with van der Waals surface area (Å²) in [6.07, 6.45) is 3.97. The van der Waals surface area contributed by atoms with E-state index in [-0.39, 0.29) is 5.69 Å². The number of carboxylic acid groups (broad SMARTS) is 1. The molecule has 258 valence electrons. The van der Waals surface area contributed by atoms with Crippen LogP contribution in [0, 0.1) is 27.7 Å². The zero-order valence-electron chi connectivity index (χ0n) is 28.7. The molecule has 0 saturated carbocycles. The topological polar surface area (TPSA) is 117 Å². The van der Waals surface area contributed by atoms with Crippen molar-refractivity contribution in [3.63, 3.8) is 0 Å². The van der Waals surface area contributed by atoms with E-state index in [9.17, 15) is 9.59 Å². The van der Waals surface area contributed by atoms with Crippen LogP contribution in [0.3, 0.4) is 0 Å². The van der Waals surface area contributed by atoms with Crippen molar-refractivity contribution in [2.75, 3.05) is 44.7 Å². The highest BCUT2D eigenvalue weighted by Crippen LogP contribution is 2.40. The van der Waals surface area contributed by atoms with E-state index in [0.29, 0.717) is 23.7 Å². The first-order valence-electron chi connectivity index (χ1n) is 16.2. The van der Waals surface area contributed by atoms with Crippen molar-refractivity contribution < 1.29 is 19.4 Å². The number of halogens is 2. The van der Waals surface area contributed by atoms with Crippen LogP contribution in [0.15, 0.2) is 42.6 Å². The molecule has 1 saturated heterocycles. The summed E-state index contributed by atoms with van der Waals surface area (Å²) in [5.41, 5.74) is 9.30. The number of nitrogens with one attached hydrogen (secondary N) is 1. The molecule has 12 heteroatoms. The van der Waals surface area contributed by atoms with Crippen LogP contribution in [0.2, 0.25) is 10.0 Å². The van der Waals surface area contributed by atoms with Gasteiger partial charge in [0.15, 0.2) is 6.29 Å². The Bertz CT molecular complexity index is 1950. The number of piperazine rings is 1. The minimum atomic E-state index is -0.982. The number of ether oxygens (including phenoxy) is 1. The van der Waals surface area contributed by atoms with Gasteiger partial charge in [0.2, 0.25) is 0 Å². The Labute approximate surface area is 296 Å². The van der Waals surface area contributed by atoms with Crippen molar-refractivity contribution in [3.05, 3.63) is 92.1 Å². The number of hydrogen-bond acceptors (Lipinski definition) is 7. The normalized spacial score (nSPS) is 13.3. The van der Waals surface area contributed by atoms with Crippen molar-refractivity contribution in [2.45, 2.75) is 40.5 Å². The van der Waals surface area contributed by atoms with Crippen molar-refractivity contribution in [1.82, 2.24) is 24.6 Å². The van der Waals surface area contributed by atoms with E-state index in [1.165, 1.54) is 0 Å². The predicted octanol–water partition coefficient (Wildman–Crippen LogP) is 7.46. The van der Waals surface area contributed by atoms with Gasteiger partial charge < -0.3 is 24.6 Å². The number of anilines is 1. The number of aromatic amines is 1. The number of hydrogen-bond donors (Lipinski definition) is 2. The number of H-pyrrole nitrogens is 1. The second kappa shape index (κ2) is 15.4. The second-order valence-electron chi connectivity index (χ2n) is 12.5. The SMILES string of the molecule is CN1CCN(c2ccc(C(=O)O)nc2)CC1.Cc1cc(OCCCc2c(C=O)[nH]c3c(-c4c(C)nn(C)c4C)c(Cl)ccc23)cc(C)c1Cl. The van der Waals surface area contributed by atoms with Crippen LogP contribution in [0.25, 0.3) is 22.0 Å². The standard InChI is InChI=1S/C26H27Cl2N3O2.C11H15N3O2/c1-14-11-18(12-15(2)25(14)28)33-10-6-7-19-20-8-9-21(27)24(26(20)29-22(19)13-32)23-16(3)30-31(5)17(23)4;1-13-4-6-14(7-5-13)9-2-3-10(11(15)16)12-8-9/h8-9,11-13,29H,6-7,10H2,1-5H3;2-3,8H,4-7H2,1H3,(H,15,16). The van der Waals surface area contributed by atoms with Gasteiger partial charge in [0.05, 0.1) is 40.4 Å². The smallest absolute Gasteiger partial charge is 0.354 e. The molecule has 4 heterocycles. The highest BCUT2D eigenvalue weighted by molar-refractivity contribution is 6.35. The number of carboxylic acids is 1. The van der Waals surface area contributed by atoms with Crippen LogP contribution in [0.1, 0.15) is 55.5 Å². The van der Waals surface area contributed by atoms with Gasteiger partial charge in [0, 0.05) is 60.5 Å². The number of benzene rings is 2. The molecule has 0 aliphatic carbocycles. The molecule has 49 heavy (non-hydrogen) atoms. The summed E-state index contributed by atoms with van der Waals surface area (Å²) < 4.78 is 7.81. The lowest BCUT2D eigenvalue weighted by atomic mass is 9.98. The fourth-order valence-electron chi connectivity index (χ4n) is 6.26. The lowest BCUT2D eigenvalue weighted by Crippen LogP contribution is -2.44. The molecule has 1 fully saturated rings. The number of fused-ring (bicyclic) bond motifs is 1. The monoisotopic (exact) mass is 704 g/mol. The molecule has 1 aliphatic heterocycles. The Kier molecular flexibility index (Phi) is 11.3. The van der Waals surface area contributed by atoms with E-state index in [4.69, 9.17) is 33.0 Å². The Morgan fingerprint density at radius 3 is 2.27 bits per heavy atom. The van der Waals surface area contributed by atoms with Crippen LogP contribution >= 0.6 is 23.2 Å². The zero-order chi connectivity index (χ0) is 35.4. The average molecular weight is 706 g/mol. The van der Waals surface area contributed by atoms with E-state index in [1.807, 2.05) is 69.8 Å². The van der Waals surface area contributed by atoms with Gasteiger partial charge in [-0.3, -0.25) is 9.48 Å². The molecule has 0 unspecified atom stereocenters. The lowest BCUT2D eigenvalue weighted by Gasteiger charge is -2.33. The maximum atomic E-state index is 11.9. The molecule has 0 spiro atoms. The maximum absolute atomic E-state index is 11.9. The summed E-state index contributed by atoms with van der Waals surface area (Å²) in [7, 11) is 4.02. The van der Waals surface area contributed by atoms with Gasteiger partial charge in [0.1, 0.15) is 11.4 Å². The summed E-state index contributed by atoms with van der Waals surface area (Å²) in [6, 6.07) is 11.1. The second-order valence-corrected chi connectivity index (χ2v) is 13.3. The fourth-order valence-corrected chi connectivity index (χ4v) is 6.62. The summed E-state index contributed by atoms with van der Waals surface area (Å²) in [5.74, 6) is -0.175. The summed E-state index contributed by atoms with van der Waals surface area (Å²) in [4.78, 5) is 34.3. The number of nitrogens with zero attached hydrogens (tertiary/aromatic N) is 5. The van der Waals surface area contributed by atoms with Gasteiger partial charge in [0.25, 0.3) is 0 Å². The largest absolute Gasteiger partial charge is 0.494 e. The third kappa shape index (κ3) is 7.93. The summed E-state index contributed by atoms with van der Waals surface area (Å²) in [5, 5.41) is 15.7. The van der Waals surface area contributed by atoms with Gasteiger partial charge in [-0.25, -0.2) is 9.78 Å². The van der Waals surface area contributed by atoms with Crippen LogP contribution in [-0.2, 0) is 13.5 Å². The first-order chi connectivity index (χ1) is 23.4. The Morgan fingerprint density at radius 1 is 1.00 bits per heavy atom. The number of aromatic nitrogens is 4. The minimum Gasteiger partial charge on any atom is -0.494 e.